The molecule has 0 spiro atoms. The van der Waals surface area contributed by atoms with Crippen LogP contribution in [0.1, 0.15) is 18.9 Å². The van der Waals surface area contributed by atoms with E-state index in [0.717, 1.165) is 17.0 Å². The summed E-state index contributed by atoms with van der Waals surface area (Å²) in [5, 5.41) is 0.735. The van der Waals surface area contributed by atoms with Gasteiger partial charge in [-0.25, -0.2) is 0 Å². The first-order chi connectivity index (χ1) is 8.08. The van der Waals surface area contributed by atoms with Gasteiger partial charge in [0.1, 0.15) is 12.1 Å². The Balaban J connectivity index is 2.05. The summed E-state index contributed by atoms with van der Waals surface area (Å²) in [5.74, 6) is -0.132. The van der Waals surface area contributed by atoms with Crippen LogP contribution < -0.4 is 0 Å². The summed E-state index contributed by atoms with van der Waals surface area (Å²) < 4.78 is 5.15. The highest BCUT2D eigenvalue weighted by Crippen LogP contribution is 2.22. The molecule has 0 N–H and O–H groups in total. The number of carbonyl (C=O) groups excluding carboxylic acids is 1. The SMILES string of the molecule is C[C@@H]1C[C@H](N(C)Cc2ccccc2Cl)C(=O)O1. The number of nitrogens with zero attached hydrogens (tertiary/aromatic N) is 1. The lowest BCUT2D eigenvalue weighted by Gasteiger charge is -2.21. The van der Waals surface area contributed by atoms with Crippen LogP contribution in [0.4, 0.5) is 0 Å². The standard InChI is InChI=1S/C13H16ClNO2/c1-9-7-12(13(16)17-9)15(2)8-10-5-3-4-6-11(10)14/h3-6,9,12H,7-8H2,1-2H3/t9-,12+/m1/s1. The number of hydrogen-bond donors (Lipinski definition) is 0. The van der Waals surface area contributed by atoms with Crippen molar-refractivity contribution in [1.82, 2.24) is 4.90 Å². The molecule has 1 aromatic rings. The molecule has 0 aromatic heterocycles. The molecule has 0 amide bonds. The second kappa shape index (κ2) is 5.07. The van der Waals surface area contributed by atoms with E-state index in [-0.39, 0.29) is 18.1 Å². The molecule has 0 bridgehead atoms. The first kappa shape index (κ1) is 12.4. The molecule has 92 valence electrons. The lowest BCUT2D eigenvalue weighted by Crippen LogP contribution is -2.34. The monoisotopic (exact) mass is 253 g/mol. The van der Waals surface area contributed by atoms with Crippen LogP contribution in [0.15, 0.2) is 24.3 Å². The van der Waals surface area contributed by atoms with Gasteiger partial charge in [-0.15, -0.1) is 0 Å². The van der Waals surface area contributed by atoms with Crippen molar-refractivity contribution < 1.29 is 9.53 Å². The minimum atomic E-state index is -0.152. The van der Waals surface area contributed by atoms with Crippen molar-refractivity contribution in [3.63, 3.8) is 0 Å². The number of ether oxygens (including phenoxy) is 1. The van der Waals surface area contributed by atoms with Crippen LogP contribution in [0.2, 0.25) is 5.02 Å². The van der Waals surface area contributed by atoms with Crippen molar-refractivity contribution in [2.75, 3.05) is 7.05 Å². The summed E-state index contributed by atoms with van der Waals surface area (Å²) >= 11 is 6.10. The lowest BCUT2D eigenvalue weighted by molar-refractivity contribution is -0.144. The Kier molecular flexibility index (Phi) is 3.69. The third-order valence-electron chi connectivity index (χ3n) is 3.05. The number of cyclic esters (lactones) is 1. The Morgan fingerprint density at radius 2 is 2.18 bits per heavy atom. The van der Waals surface area contributed by atoms with Crippen molar-refractivity contribution in [2.45, 2.75) is 32.0 Å². The highest BCUT2D eigenvalue weighted by Gasteiger charge is 2.34. The molecule has 1 aliphatic heterocycles. The van der Waals surface area contributed by atoms with Crippen LogP contribution >= 0.6 is 11.6 Å². The van der Waals surface area contributed by atoms with E-state index in [2.05, 4.69) is 0 Å². The highest BCUT2D eigenvalue weighted by atomic mass is 35.5. The van der Waals surface area contributed by atoms with E-state index >= 15 is 0 Å². The normalized spacial score (nSPS) is 24.1. The summed E-state index contributed by atoms with van der Waals surface area (Å²) in [7, 11) is 1.92. The van der Waals surface area contributed by atoms with Crippen LogP contribution in [0.25, 0.3) is 0 Å². The van der Waals surface area contributed by atoms with E-state index in [4.69, 9.17) is 16.3 Å². The number of benzene rings is 1. The van der Waals surface area contributed by atoms with Gasteiger partial charge in [-0.2, -0.15) is 0 Å². The molecule has 1 heterocycles. The Labute approximate surface area is 106 Å². The van der Waals surface area contributed by atoms with Gasteiger partial charge in [0.2, 0.25) is 0 Å². The lowest BCUT2D eigenvalue weighted by atomic mass is 10.1. The van der Waals surface area contributed by atoms with Gasteiger partial charge in [-0.1, -0.05) is 29.8 Å². The molecule has 0 radical (unpaired) electrons. The minimum absolute atomic E-state index is 0.0150. The molecule has 0 saturated carbocycles. The Hall–Kier alpha value is -1.06. The number of halogens is 1. The van der Waals surface area contributed by atoms with Crippen LogP contribution in [0, 0.1) is 0 Å². The number of likely N-dealkylation sites (N-methyl/N-ethyl adjacent to an activating group) is 1. The maximum atomic E-state index is 11.6. The van der Waals surface area contributed by atoms with Gasteiger partial charge in [0.15, 0.2) is 0 Å². The first-order valence-corrected chi connectivity index (χ1v) is 6.10. The van der Waals surface area contributed by atoms with Gasteiger partial charge in [-0.05, 0) is 25.6 Å². The Bertz CT molecular complexity index is 422. The van der Waals surface area contributed by atoms with Crippen molar-refractivity contribution in [3.05, 3.63) is 34.9 Å². The maximum absolute atomic E-state index is 11.6. The van der Waals surface area contributed by atoms with Crippen LogP contribution in [-0.2, 0) is 16.1 Å². The largest absolute Gasteiger partial charge is 0.461 e. The molecular formula is C13H16ClNO2. The van der Waals surface area contributed by atoms with Gasteiger partial charge >= 0.3 is 5.97 Å². The molecule has 0 aliphatic carbocycles. The average molecular weight is 254 g/mol. The highest BCUT2D eigenvalue weighted by molar-refractivity contribution is 6.31. The molecule has 0 unspecified atom stereocenters. The van der Waals surface area contributed by atoms with Crippen LogP contribution in [0.3, 0.4) is 0 Å². The van der Waals surface area contributed by atoms with Crippen molar-refractivity contribution in [2.24, 2.45) is 0 Å². The average Bonchev–Trinajstić information content (AvgIpc) is 2.61. The number of esters is 1. The molecule has 17 heavy (non-hydrogen) atoms. The summed E-state index contributed by atoms with van der Waals surface area (Å²) in [4.78, 5) is 13.6. The van der Waals surface area contributed by atoms with Crippen LogP contribution in [-0.4, -0.2) is 30.1 Å². The molecule has 1 fully saturated rings. The summed E-state index contributed by atoms with van der Waals surface area (Å²) in [6.07, 6.45) is 0.765. The van der Waals surface area contributed by atoms with E-state index in [1.165, 1.54) is 0 Å². The Morgan fingerprint density at radius 3 is 2.76 bits per heavy atom. The molecule has 4 heteroatoms. The molecule has 1 aliphatic rings. The molecule has 1 saturated heterocycles. The molecule has 3 nitrogen and oxygen atoms in total. The van der Waals surface area contributed by atoms with E-state index in [1.807, 2.05) is 43.1 Å². The smallest absolute Gasteiger partial charge is 0.323 e. The molecule has 2 rings (SSSR count). The summed E-state index contributed by atoms with van der Waals surface area (Å²) in [6.45, 7) is 2.58. The fourth-order valence-corrected chi connectivity index (χ4v) is 2.30. The summed E-state index contributed by atoms with van der Waals surface area (Å²) in [6, 6.07) is 7.53. The zero-order valence-electron chi connectivity index (χ0n) is 10.0. The summed E-state index contributed by atoms with van der Waals surface area (Å²) in [5.41, 5.74) is 1.03. The topological polar surface area (TPSA) is 29.5 Å². The van der Waals surface area contributed by atoms with E-state index < -0.39 is 0 Å². The predicted octanol–water partition coefficient (Wildman–Crippen LogP) is 2.48. The quantitative estimate of drug-likeness (QED) is 0.775. The predicted molar refractivity (Wildman–Crippen MR) is 66.9 cm³/mol. The molecule has 1 aromatic carbocycles. The first-order valence-electron chi connectivity index (χ1n) is 5.72. The fourth-order valence-electron chi connectivity index (χ4n) is 2.10. The minimum Gasteiger partial charge on any atom is -0.461 e. The second-order valence-electron chi connectivity index (χ2n) is 4.51. The van der Waals surface area contributed by atoms with Gasteiger partial charge in [0.05, 0.1) is 0 Å². The fraction of sp³-hybridized carbons (Fsp3) is 0.462. The van der Waals surface area contributed by atoms with E-state index in [0.29, 0.717) is 6.54 Å². The van der Waals surface area contributed by atoms with Gasteiger partial charge in [0, 0.05) is 18.0 Å². The van der Waals surface area contributed by atoms with Gasteiger partial charge < -0.3 is 4.74 Å². The number of carbonyl (C=O) groups is 1. The number of rotatable bonds is 3. The zero-order valence-corrected chi connectivity index (χ0v) is 10.8. The van der Waals surface area contributed by atoms with E-state index in [1.54, 1.807) is 0 Å². The molecule has 2 atom stereocenters. The second-order valence-corrected chi connectivity index (χ2v) is 4.91. The van der Waals surface area contributed by atoms with Crippen LogP contribution in [0.5, 0.6) is 0 Å². The van der Waals surface area contributed by atoms with Crippen molar-refractivity contribution >= 4 is 17.6 Å². The maximum Gasteiger partial charge on any atom is 0.323 e. The van der Waals surface area contributed by atoms with Crippen molar-refractivity contribution in [3.8, 4) is 0 Å². The third-order valence-corrected chi connectivity index (χ3v) is 3.42. The number of hydrogen-bond acceptors (Lipinski definition) is 3. The van der Waals surface area contributed by atoms with E-state index in [9.17, 15) is 4.79 Å². The van der Waals surface area contributed by atoms with Gasteiger partial charge in [-0.3, -0.25) is 9.69 Å². The van der Waals surface area contributed by atoms with Crippen molar-refractivity contribution in [1.29, 1.82) is 0 Å². The zero-order chi connectivity index (χ0) is 12.4. The Morgan fingerprint density at radius 1 is 1.47 bits per heavy atom. The third kappa shape index (κ3) is 2.79. The van der Waals surface area contributed by atoms with Gasteiger partial charge in [0.25, 0.3) is 0 Å². The molecular weight excluding hydrogens is 238 g/mol.